The lowest BCUT2D eigenvalue weighted by Gasteiger charge is -2.15. The number of amides is 1. The molecule has 0 bridgehead atoms. The van der Waals surface area contributed by atoms with Gasteiger partial charge in [-0.25, -0.2) is 8.78 Å². The van der Waals surface area contributed by atoms with Gasteiger partial charge in [0.05, 0.1) is 0 Å². The first kappa shape index (κ1) is 12.8. The summed E-state index contributed by atoms with van der Waals surface area (Å²) >= 11 is 0. The molecule has 1 aliphatic carbocycles. The van der Waals surface area contributed by atoms with Crippen molar-refractivity contribution in [2.75, 3.05) is 0 Å². The third-order valence-corrected chi connectivity index (χ3v) is 3.85. The van der Waals surface area contributed by atoms with Crippen LogP contribution in [0.3, 0.4) is 0 Å². The fraction of sp³-hybridized carbons (Fsp3) is 0.188. The van der Waals surface area contributed by atoms with Crippen LogP contribution >= 0.6 is 0 Å². The van der Waals surface area contributed by atoms with E-state index in [4.69, 9.17) is 5.73 Å². The summed E-state index contributed by atoms with van der Waals surface area (Å²) in [7, 11) is 0. The van der Waals surface area contributed by atoms with Gasteiger partial charge >= 0.3 is 0 Å². The van der Waals surface area contributed by atoms with E-state index in [0.717, 1.165) is 11.6 Å². The average molecular weight is 273 g/mol. The number of rotatable bonds is 2. The Labute approximate surface area is 115 Å². The minimum atomic E-state index is -0.593. The van der Waals surface area contributed by atoms with E-state index in [1.165, 1.54) is 6.07 Å². The molecule has 2 nitrogen and oxygen atoms in total. The monoisotopic (exact) mass is 273 g/mol. The number of carbonyl (C=O) groups excluding carboxylic acids is 1. The highest BCUT2D eigenvalue weighted by molar-refractivity contribution is 5.94. The molecule has 20 heavy (non-hydrogen) atoms. The van der Waals surface area contributed by atoms with Crippen molar-refractivity contribution in [1.82, 2.24) is 0 Å². The smallest absolute Gasteiger partial charge is 0.248 e. The lowest BCUT2D eigenvalue weighted by Crippen LogP contribution is -2.15. The molecule has 0 fully saturated rings. The van der Waals surface area contributed by atoms with Gasteiger partial charge in [0, 0.05) is 17.5 Å². The molecule has 102 valence electrons. The molecule has 0 heterocycles. The number of nitrogens with two attached hydrogens (primary N) is 1. The quantitative estimate of drug-likeness (QED) is 0.897. The fourth-order valence-electron chi connectivity index (χ4n) is 2.99. The molecular weight excluding hydrogens is 260 g/mol. The van der Waals surface area contributed by atoms with E-state index in [-0.39, 0.29) is 5.92 Å². The van der Waals surface area contributed by atoms with Crippen LogP contribution in [-0.4, -0.2) is 5.91 Å². The summed E-state index contributed by atoms with van der Waals surface area (Å²) in [4.78, 5) is 11.5. The molecule has 3 rings (SSSR count). The minimum absolute atomic E-state index is 0.182. The van der Waals surface area contributed by atoms with Gasteiger partial charge < -0.3 is 5.73 Å². The van der Waals surface area contributed by atoms with Crippen molar-refractivity contribution >= 4 is 5.91 Å². The zero-order chi connectivity index (χ0) is 14.3. The number of benzene rings is 2. The standard InChI is InChI=1S/C16H13F2NO/c17-9-7-14-11(5-6-12(14)15(18)8-9)10-3-1-2-4-13(10)16(19)20/h1-4,7-8,11H,5-6H2,(H2,19,20)/t11-/m1/s1. The zero-order valence-corrected chi connectivity index (χ0v) is 10.7. The maximum absolute atomic E-state index is 13.8. The number of hydrogen-bond donors (Lipinski definition) is 1. The number of primary amides is 1. The Hall–Kier alpha value is -2.23. The van der Waals surface area contributed by atoms with Crippen LogP contribution in [0.4, 0.5) is 8.78 Å². The Kier molecular flexibility index (Phi) is 3.01. The lowest BCUT2D eigenvalue weighted by molar-refractivity contribution is 0.0999. The van der Waals surface area contributed by atoms with Gasteiger partial charge in [-0.2, -0.15) is 0 Å². The molecule has 2 aromatic rings. The topological polar surface area (TPSA) is 43.1 Å². The van der Waals surface area contributed by atoms with Crippen molar-refractivity contribution in [3.05, 3.63) is 70.3 Å². The van der Waals surface area contributed by atoms with Crippen LogP contribution < -0.4 is 5.73 Å². The zero-order valence-electron chi connectivity index (χ0n) is 10.7. The van der Waals surface area contributed by atoms with E-state index in [1.807, 2.05) is 0 Å². The van der Waals surface area contributed by atoms with Gasteiger partial charge in [0.25, 0.3) is 0 Å². The Morgan fingerprint density at radius 3 is 2.65 bits per heavy atom. The molecule has 0 saturated heterocycles. The molecule has 1 atom stereocenters. The van der Waals surface area contributed by atoms with Crippen molar-refractivity contribution in [2.24, 2.45) is 5.73 Å². The molecule has 2 N–H and O–H groups in total. The van der Waals surface area contributed by atoms with E-state index in [2.05, 4.69) is 0 Å². The predicted molar refractivity (Wildman–Crippen MR) is 71.5 cm³/mol. The van der Waals surface area contributed by atoms with Crippen LogP contribution in [0.5, 0.6) is 0 Å². The Morgan fingerprint density at radius 2 is 1.90 bits per heavy atom. The average Bonchev–Trinajstić information content (AvgIpc) is 2.82. The number of carbonyl (C=O) groups is 1. The molecule has 2 aromatic carbocycles. The van der Waals surface area contributed by atoms with Crippen molar-refractivity contribution < 1.29 is 13.6 Å². The van der Waals surface area contributed by atoms with Crippen LogP contribution in [0.2, 0.25) is 0 Å². The second-order valence-corrected chi connectivity index (χ2v) is 5.00. The van der Waals surface area contributed by atoms with Crippen molar-refractivity contribution in [1.29, 1.82) is 0 Å². The molecule has 1 amide bonds. The van der Waals surface area contributed by atoms with E-state index in [0.29, 0.717) is 29.5 Å². The highest BCUT2D eigenvalue weighted by Crippen LogP contribution is 2.40. The summed E-state index contributed by atoms with van der Waals surface area (Å²) in [5, 5.41) is 0. The maximum atomic E-state index is 13.8. The molecule has 0 saturated carbocycles. The minimum Gasteiger partial charge on any atom is -0.366 e. The molecule has 4 heteroatoms. The highest BCUT2D eigenvalue weighted by atomic mass is 19.1. The largest absolute Gasteiger partial charge is 0.366 e. The third-order valence-electron chi connectivity index (χ3n) is 3.85. The van der Waals surface area contributed by atoms with Gasteiger partial charge in [0.2, 0.25) is 5.91 Å². The van der Waals surface area contributed by atoms with E-state index < -0.39 is 17.5 Å². The molecule has 0 radical (unpaired) electrons. The third kappa shape index (κ3) is 1.97. The molecule has 0 aromatic heterocycles. The second-order valence-electron chi connectivity index (χ2n) is 5.00. The first-order valence-electron chi connectivity index (χ1n) is 6.44. The van der Waals surface area contributed by atoms with Gasteiger partial charge in [-0.05, 0) is 41.7 Å². The lowest BCUT2D eigenvalue weighted by atomic mass is 9.89. The van der Waals surface area contributed by atoms with Crippen LogP contribution in [0.15, 0.2) is 36.4 Å². The highest BCUT2D eigenvalue weighted by Gasteiger charge is 2.29. The van der Waals surface area contributed by atoms with Gasteiger partial charge in [0.15, 0.2) is 0 Å². The first-order chi connectivity index (χ1) is 9.58. The normalized spacial score (nSPS) is 17.0. The Balaban J connectivity index is 2.15. The maximum Gasteiger partial charge on any atom is 0.248 e. The van der Waals surface area contributed by atoms with E-state index in [1.54, 1.807) is 24.3 Å². The summed E-state index contributed by atoms with van der Waals surface area (Å²) in [5.41, 5.74) is 7.69. The molecule has 1 aliphatic rings. The van der Waals surface area contributed by atoms with Crippen LogP contribution in [0, 0.1) is 11.6 Å². The van der Waals surface area contributed by atoms with Crippen molar-refractivity contribution in [2.45, 2.75) is 18.8 Å². The molecule has 0 aliphatic heterocycles. The number of fused-ring (bicyclic) bond motifs is 1. The summed E-state index contributed by atoms with van der Waals surface area (Å²) in [5.74, 6) is -1.81. The summed E-state index contributed by atoms with van der Waals surface area (Å²) < 4.78 is 27.2. The molecular formula is C16H13F2NO. The Bertz CT molecular complexity index is 697. The summed E-state index contributed by atoms with van der Waals surface area (Å²) in [6.45, 7) is 0. The number of hydrogen-bond acceptors (Lipinski definition) is 1. The second kappa shape index (κ2) is 4.71. The predicted octanol–water partition coefficient (Wildman–Crippen LogP) is 3.14. The van der Waals surface area contributed by atoms with Gasteiger partial charge in [-0.3, -0.25) is 4.79 Å². The van der Waals surface area contributed by atoms with Crippen LogP contribution in [-0.2, 0) is 6.42 Å². The van der Waals surface area contributed by atoms with Gasteiger partial charge in [0.1, 0.15) is 11.6 Å². The summed E-state index contributed by atoms with van der Waals surface area (Å²) in [6.07, 6.45) is 1.19. The SMILES string of the molecule is NC(=O)c1ccccc1[C@H]1CCc2c(F)cc(F)cc21. The number of halogens is 2. The first-order valence-corrected chi connectivity index (χ1v) is 6.44. The van der Waals surface area contributed by atoms with Crippen molar-refractivity contribution in [3.63, 3.8) is 0 Å². The van der Waals surface area contributed by atoms with E-state index >= 15 is 0 Å². The van der Waals surface area contributed by atoms with Gasteiger partial charge in [-0.1, -0.05) is 18.2 Å². The van der Waals surface area contributed by atoms with Gasteiger partial charge in [-0.15, -0.1) is 0 Å². The molecule has 0 spiro atoms. The van der Waals surface area contributed by atoms with Crippen LogP contribution in [0.25, 0.3) is 0 Å². The van der Waals surface area contributed by atoms with Crippen molar-refractivity contribution in [3.8, 4) is 0 Å². The Morgan fingerprint density at radius 1 is 1.15 bits per heavy atom. The van der Waals surface area contributed by atoms with Crippen LogP contribution in [0.1, 0.15) is 39.4 Å². The van der Waals surface area contributed by atoms with E-state index in [9.17, 15) is 13.6 Å². The summed E-state index contributed by atoms with van der Waals surface area (Å²) in [6, 6.07) is 9.23. The fourth-order valence-corrected chi connectivity index (χ4v) is 2.99. The molecule has 0 unspecified atom stereocenters.